The summed E-state index contributed by atoms with van der Waals surface area (Å²) in [5, 5.41) is 3.37. The van der Waals surface area contributed by atoms with Gasteiger partial charge in [0.1, 0.15) is 12.6 Å². The van der Waals surface area contributed by atoms with Crippen molar-refractivity contribution in [1.82, 2.24) is 10.2 Å². The zero-order valence-corrected chi connectivity index (χ0v) is 21.3. The summed E-state index contributed by atoms with van der Waals surface area (Å²) < 4.78 is 26.2. The molecule has 0 aliphatic rings. The summed E-state index contributed by atoms with van der Waals surface area (Å²) in [5.41, 5.74) is 2.23. The van der Waals surface area contributed by atoms with Crippen LogP contribution in [0.25, 0.3) is 0 Å². The first-order valence-corrected chi connectivity index (χ1v) is 13.1. The van der Waals surface area contributed by atoms with Gasteiger partial charge in [-0.3, -0.25) is 13.9 Å². The Balaban J connectivity index is 2.36. The van der Waals surface area contributed by atoms with Gasteiger partial charge in [-0.1, -0.05) is 42.8 Å². The number of sulfonamides is 1. The second-order valence-corrected chi connectivity index (χ2v) is 10.6. The molecule has 180 valence electrons. The summed E-state index contributed by atoms with van der Waals surface area (Å²) in [4.78, 5) is 27.5. The van der Waals surface area contributed by atoms with E-state index < -0.39 is 28.5 Å². The molecule has 0 fully saturated rings. The van der Waals surface area contributed by atoms with E-state index in [2.05, 4.69) is 5.32 Å². The summed E-state index contributed by atoms with van der Waals surface area (Å²) in [6, 6.07) is 13.1. The Morgan fingerprint density at radius 1 is 0.970 bits per heavy atom. The zero-order valence-electron chi connectivity index (χ0n) is 19.7. The zero-order chi connectivity index (χ0) is 24.8. The van der Waals surface area contributed by atoms with E-state index >= 15 is 0 Å². The predicted molar refractivity (Wildman–Crippen MR) is 133 cm³/mol. The molecule has 33 heavy (non-hydrogen) atoms. The molecule has 0 saturated heterocycles. The van der Waals surface area contributed by atoms with Crippen LogP contribution in [0.1, 0.15) is 38.8 Å². The Kier molecular flexibility index (Phi) is 9.31. The number of aryl methyl sites for hydroxylation is 1. The van der Waals surface area contributed by atoms with Crippen molar-refractivity contribution < 1.29 is 18.0 Å². The smallest absolute Gasteiger partial charge is 0.244 e. The average Bonchev–Trinajstić information content (AvgIpc) is 2.75. The number of halogens is 1. The molecule has 0 aliphatic carbocycles. The molecular formula is C24H32ClN3O4S. The van der Waals surface area contributed by atoms with Crippen LogP contribution in [-0.2, 0) is 32.6 Å². The van der Waals surface area contributed by atoms with Crippen LogP contribution in [0.5, 0.6) is 0 Å². The summed E-state index contributed by atoms with van der Waals surface area (Å²) in [7, 11) is -3.74. The number of anilines is 1. The number of benzene rings is 2. The fourth-order valence-electron chi connectivity index (χ4n) is 3.29. The van der Waals surface area contributed by atoms with E-state index in [0.717, 1.165) is 28.1 Å². The van der Waals surface area contributed by atoms with E-state index in [1.54, 1.807) is 43.3 Å². The lowest BCUT2D eigenvalue weighted by atomic mass is 10.1. The fourth-order valence-corrected chi connectivity index (χ4v) is 4.26. The highest BCUT2D eigenvalue weighted by molar-refractivity contribution is 7.92. The van der Waals surface area contributed by atoms with Crippen molar-refractivity contribution >= 4 is 39.1 Å². The van der Waals surface area contributed by atoms with Gasteiger partial charge in [0.2, 0.25) is 21.8 Å². The van der Waals surface area contributed by atoms with Gasteiger partial charge in [0.15, 0.2) is 0 Å². The van der Waals surface area contributed by atoms with E-state index in [4.69, 9.17) is 11.6 Å². The Morgan fingerprint density at radius 3 is 2.00 bits per heavy atom. The van der Waals surface area contributed by atoms with Crippen LogP contribution in [0.4, 0.5) is 5.69 Å². The Morgan fingerprint density at radius 2 is 1.52 bits per heavy atom. The van der Waals surface area contributed by atoms with Gasteiger partial charge in [0.05, 0.1) is 11.9 Å². The first-order valence-electron chi connectivity index (χ1n) is 10.8. The van der Waals surface area contributed by atoms with Crippen molar-refractivity contribution in [3.05, 3.63) is 64.7 Å². The van der Waals surface area contributed by atoms with Crippen molar-refractivity contribution in [2.24, 2.45) is 0 Å². The van der Waals surface area contributed by atoms with Gasteiger partial charge >= 0.3 is 0 Å². The lowest BCUT2D eigenvalue weighted by Crippen LogP contribution is -2.52. The van der Waals surface area contributed by atoms with Crippen LogP contribution in [-0.4, -0.2) is 50.0 Å². The maximum atomic E-state index is 13.4. The third-order valence-electron chi connectivity index (χ3n) is 5.18. The molecule has 2 amide bonds. The lowest BCUT2D eigenvalue weighted by Gasteiger charge is -2.32. The second-order valence-electron chi connectivity index (χ2n) is 8.28. The predicted octanol–water partition coefficient (Wildman–Crippen LogP) is 3.61. The average molecular weight is 494 g/mol. The van der Waals surface area contributed by atoms with Crippen molar-refractivity contribution in [1.29, 1.82) is 0 Å². The van der Waals surface area contributed by atoms with Crippen molar-refractivity contribution in [2.45, 2.75) is 52.7 Å². The number of carbonyl (C=O) groups is 2. The topological polar surface area (TPSA) is 86.8 Å². The van der Waals surface area contributed by atoms with E-state index in [1.807, 2.05) is 32.9 Å². The SMILES string of the molecule is CCc1ccc(N(CC(=O)N(Cc2ccc(Cl)cc2)[C@H](C)C(=O)NC(C)C)S(C)(=O)=O)cc1. The van der Waals surface area contributed by atoms with Gasteiger partial charge in [-0.25, -0.2) is 8.42 Å². The van der Waals surface area contributed by atoms with Crippen LogP contribution >= 0.6 is 11.6 Å². The molecule has 0 aliphatic heterocycles. The van der Waals surface area contributed by atoms with Gasteiger partial charge < -0.3 is 10.2 Å². The van der Waals surface area contributed by atoms with Gasteiger partial charge in [0.25, 0.3) is 0 Å². The van der Waals surface area contributed by atoms with Gasteiger partial charge in [-0.15, -0.1) is 0 Å². The molecule has 9 heteroatoms. The summed E-state index contributed by atoms with van der Waals surface area (Å²) >= 11 is 5.97. The third kappa shape index (κ3) is 7.75. The summed E-state index contributed by atoms with van der Waals surface area (Å²) in [6.45, 7) is 7.02. The normalized spacial score (nSPS) is 12.3. The molecule has 2 rings (SSSR count). The second kappa shape index (κ2) is 11.5. The van der Waals surface area contributed by atoms with E-state index in [0.29, 0.717) is 10.7 Å². The van der Waals surface area contributed by atoms with Crippen molar-refractivity contribution in [2.75, 3.05) is 17.1 Å². The van der Waals surface area contributed by atoms with Crippen molar-refractivity contribution in [3.8, 4) is 0 Å². The van der Waals surface area contributed by atoms with Gasteiger partial charge in [-0.05, 0) is 62.6 Å². The van der Waals surface area contributed by atoms with Gasteiger partial charge in [-0.2, -0.15) is 0 Å². The quantitative estimate of drug-likeness (QED) is 0.547. The molecular weight excluding hydrogens is 462 g/mol. The fraction of sp³-hybridized carbons (Fsp3) is 0.417. The first kappa shape index (κ1) is 26.7. The number of nitrogens with zero attached hydrogens (tertiary/aromatic N) is 2. The number of rotatable bonds is 10. The molecule has 0 spiro atoms. The van der Waals surface area contributed by atoms with E-state index in [1.165, 1.54) is 4.90 Å². The van der Waals surface area contributed by atoms with E-state index in [-0.39, 0.29) is 18.5 Å². The highest BCUT2D eigenvalue weighted by Gasteiger charge is 2.30. The maximum absolute atomic E-state index is 13.4. The molecule has 0 radical (unpaired) electrons. The minimum absolute atomic E-state index is 0.1000. The number of hydrogen-bond acceptors (Lipinski definition) is 4. The van der Waals surface area contributed by atoms with Crippen LogP contribution in [0.15, 0.2) is 48.5 Å². The lowest BCUT2D eigenvalue weighted by molar-refractivity contribution is -0.139. The molecule has 1 N–H and O–H groups in total. The Bertz CT molecular complexity index is 1050. The first-order chi connectivity index (χ1) is 15.4. The monoisotopic (exact) mass is 493 g/mol. The maximum Gasteiger partial charge on any atom is 0.244 e. The molecule has 2 aromatic rings. The van der Waals surface area contributed by atoms with Crippen molar-refractivity contribution in [3.63, 3.8) is 0 Å². The molecule has 0 aromatic heterocycles. The Hall–Kier alpha value is -2.58. The van der Waals surface area contributed by atoms with Crippen LogP contribution in [0.3, 0.4) is 0 Å². The number of carbonyl (C=O) groups excluding carboxylic acids is 2. The highest BCUT2D eigenvalue weighted by Crippen LogP contribution is 2.20. The van der Waals surface area contributed by atoms with E-state index in [9.17, 15) is 18.0 Å². The van der Waals surface area contributed by atoms with Crippen LogP contribution < -0.4 is 9.62 Å². The Labute approximate surface area is 201 Å². The highest BCUT2D eigenvalue weighted by atomic mass is 35.5. The molecule has 0 unspecified atom stereocenters. The summed E-state index contributed by atoms with van der Waals surface area (Å²) in [6.07, 6.45) is 1.88. The molecule has 2 aromatic carbocycles. The third-order valence-corrected chi connectivity index (χ3v) is 6.57. The number of amides is 2. The largest absolute Gasteiger partial charge is 0.352 e. The number of nitrogens with one attached hydrogen (secondary N) is 1. The molecule has 0 heterocycles. The molecule has 1 atom stereocenters. The standard InChI is InChI=1S/C24H32ClN3O4S/c1-6-19-9-13-22(14-10-19)28(33(5,31)32)16-23(29)27(18(4)24(30)26-17(2)3)15-20-7-11-21(25)12-8-20/h7-14,17-18H,6,15-16H2,1-5H3,(H,26,30)/t18-/m1/s1. The minimum Gasteiger partial charge on any atom is -0.352 e. The minimum atomic E-state index is -3.74. The van der Waals surface area contributed by atoms with Crippen LogP contribution in [0.2, 0.25) is 5.02 Å². The molecule has 0 saturated carbocycles. The molecule has 0 bridgehead atoms. The molecule has 7 nitrogen and oxygen atoms in total. The van der Waals surface area contributed by atoms with Crippen LogP contribution in [0, 0.1) is 0 Å². The number of hydrogen-bond donors (Lipinski definition) is 1. The summed E-state index contributed by atoms with van der Waals surface area (Å²) in [5.74, 6) is -0.799. The van der Waals surface area contributed by atoms with Gasteiger partial charge in [0, 0.05) is 17.6 Å².